The van der Waals surface area contributed by atoms with E-state index in [1.807, 2.05) is 11.8 Å². The van der Waals surface area contributed by atoms with Gasteiger partial charge < -0.3 is 5.73 Å². The number of halogens is 1. The fourth-order valence-corrected chi connectivity index (χ4v) is 2.41. The number of hydrogen-bond acceptors (Lipinski definition) is 2. The first-order valence-electron chi connectivity index (χ1n) is 5.19. The van der Waals surface area contributed by atoms with Gasteiger partial charge in [-0.3, -0.25) is 0 Å². The monoisotopic (exact) mass is 335 g/mol. The van der Waals surface area contributed by atoms with Crippen LogP contribution in [0.1, 0.15) is 19.4 Å². The highest BCUT2D eigenvalue weighted by molar-refractivity contribution is 14.1. The predicted molar refractivity (Wildman–Crippen MR) is 78.4 cm³/mol. The Morgan fingerprint density at radius 3 is 2.40 bits per heavy atom. The molecule has 0 heterocycles. The van der Waals surface area contributed by atoms with E-state index in [1.165, 1.54) is 9.13 Å². The Labute approximate surface area is 110 Å². The molecule has 0 fully saturated rings. The van der Waals surface area contributed by atoms with Crippen molar-refractivity contribution in [3.05, 3.63) is 33.4 Å². The minimum Gasteiger partial charge on any atom is -0.327 e. The third kappa shape index (κ3) is 5.78. The van der Waals surface area contributed by atoms with Crippen molar-refractivity contribution in [2.45, 2.75) is 31.6 Å². The second-order valence-corrected chi connectivity index (χ2v) is 6.83. The van der Waals surface area contributed by atoms with Gasteiger partial charge in [0.1, 0.15) is 0 Å². The standard InChI is InChI=1S/C12H18INS/c1-9(2)15-8-12(14)7-10-3-5-11(13)6-4-10/h3-6,9,12H,7-8,14H2,1-2H3. The molecule has 0 aliphatic carbocycles. The minimum atomic E-state index is 0.275. The fourth-order valence-electron chi connectivity index (χ4n) is 1.30. The van der Waals surface area contributed by atoms with Gasteiger partial charge in [0.15, 0.2) is 0 Å². The van der Waals surface area contributed by atoms with E-state index in [1.54, 1.807) is 0 Å². The van der Waals surface area contributed by atoms with E-state index >= 15 is 0 Å². The molecule has 1 aromatic rings. The van der Waals surface area contributed by atoms with Crippen LogP contribution in [0.2, 0.25) is 0 Å². The van der Waals surface area contributed by atoms with Crippen molar-refractivity contribution >= 4 is 34.4 Å². The molecule has 84 valence electrons. The summed E-state index contributed by atoms with van der Waals surface area (Å²) in [5.74, 6) is 1.05. The Balaban J connectivity index is 2.37. The summed E-state index contributed by atoms with van der Waals surface area (Å²) in [6, 6.07) is 8.89. The van der Waals surface area contributed by atoms with E-state index in [-0.39, 0.29) is 6.04 Å². The van der Waals surface area contributed by atoms with Gasteiger partial charge in [-0.25, -0.2) is 0 Å². The van der Waals surface area contributed by atoms with Gasteiger partial charge in [0.2, 0.25) is 0 Å². The Bertz CT molecular complexity index is 284. The maximum Gasteiger partial charge on any atom is 0.0171 e. The molecular weight excluding hydrogens is 317 g/mol. The van der Waals surface area contributed by atoms with Crippen LogP contribution in [0, 0.1) is 3.57 Å². The maximum absolute atomic E-state index is 6.07. The highest BCUT2D eigenvalue weighted by Crippen LogP contribution is 2.13. The maximum atomic E-state index is 6.07. The average Bonchev–Trinajstić information content (AvgIpc) is 2.19. The molecule has 0 saturated heterocycles. The molecule has 3 heteroatoms. The van der Waals surface area contributed by atoms with Gasteiger partial charge in [0.25, 0.3) is 0 Å². The molecule has 1 rings (SSSR count). The van der Waals surface area contributed by atoms with Crippen molar-refractivity contribution in [3.63, 3.8) is 0 Å². The highest BCUT2D eigenvalue weighted by Gasteiger charge is 2.05. The molecular formula is C12H18INS. The largest absolute Gasteiger partial charge is 0.327 e. The van der Waals surface area contributed by atoms with Crippen molar-refractivity contribution in [1.82, 2.24) is 0 Å². The average molecular weight is 335 g/mol. The Morgan fingerprint density at radius 1 is 1.27 bits per heavy atom. The Hall–Kier alpha value is 0.260. The van der Waals surface area contributed by atoms with Crippen LogP contribution in [-0.2, 0) is 6.42 Å². The number of benzene rings is 1. The van der Waals surface area contributed by atoms with E-state index in [4.69, 9.17) is 5.73 Å². The summed E-state index contributed by atoms with van der Waals surface area (Å²) >= 11 is 4.26. The molecule has 0 aliphatic heterocycles. The van der Waals surface area contributed by atoms with Crippen LogP contribution in [0.3, 0.4) is 0 Å². The van der Waals surface area contributed by atoms with Crippen LogP contribution in [-0.4, -0.2) is 17.0 Å². The smallest absolute Gasteiger partial charge is 0.0171 e. The van der Waals surface area contributed by atoms with Gasteiger partial charge in [-0.15, -0.1) is 0 Å². The summed E-state index contributed by atoms with van der Waals surface area (Å²) in [6.45, 7) is 4.42. The molecule has 1 aromatic carbocycles. The molecule has 1 atom stereocenters. The van der Waals surface area contributed by atoms with Crippen molar-refractivity contribution in [2.75, 3.05) is 5.75 Å². The van der Waals surface area contributed by atoms with E-state index in [9.17, 15) is 0 Å². The van der Waals surface area contributed by atoms with Crippen LogP contribution >= 0.6 is 34.4 Å². The van der Waals surface area contributed by atoms with Crippen LogP contribution in [0.5, 0.6) is 0 Å². The van der Waals surface area contributed by atoms with E-state index < -0.39 is 0 Å². The minimum absolute atomic E-state index is 0.275. The normalized spacial score (nSPS) is 13.1. The van der Waals surface area contributed by atoms with Gasteiger partial charge in [-0.2, -0.15) is 11.8 Å². The number of hydrogen-bond donors (Lipinski definition) is 1. The van der Waals surface area contributed by atoms with Gasteiger partial charge in [-0.1, -0.05) is 26.0 Å². The summed E-state index contributed by atoms with van der Waals surface area (Å²) in [5, 5.41) is 0.674. The van der Waals surface area contributed by atoms with Crippen LogP contribution in [0.15, 0.2) is 24.3 Å². The lowest BCUT2D eigenvalue weighted by Gasteiger charge is -2.12. The Morgan fingerprint density at radius 2 is 1.87 bits per heavy atom. The number of thioether (sulfide) groups is 1. The van der Waals surface area contributed by atoms with Crippen molar-refractivity contribution in [1.29, 1.82) is 0 Å². The molecule has 0 bridgehead atoms. The SMILES string of the molecule is CC(C)SCC(N)Cc1ccc(I)cc1. The van der Waals surface area contributed by atoms with Gasteiger partial charge in [0, 0.05) is 15.4 Å². The molecule has 2 N–H and O–H groups in total. The molecule has 1 nitrogen and oxygen atoms in total. The molecule has 0 saturated carbocycles. The van der Waals surface area contributed by atoms with Crippen LogP contribution in [0.4, 0.5) is 0 Å². The second-order valence-electron chi connectivity index (χ2n) is 3.97. The first kappa shape index (κ1) is 13.3. The highest BCUT2D eigenvalue weighted by atomic mass is 127. The topological polar surface area (TPSA) is 26.0 Å². The fraction of sp³-hybridized carbons (Fsp3) is 0.500. The summed E-state index contributed by atoms with van der Waals surface area (Å²) < 4.78 is 1.28. The molecule has 0 radical (unpaired) electrons. The third-order valence-corrected chi connectivity index (χ3v) is 4.06. The zero-order chi connectivity index (χ0) is 11.3. The van der Waals surface area contributed by atoms with Crippen molar-refractivity contribution < 1.29 is 0 Å². The molecule has 0 spiro atoms. The van der Waals surface area contributed by atoms with E-state index in [0.29, 0.717) is 5.25 Å². The molecule has 15 heavy (non-hydrogen) atoms. The summed E-state index contributed by atoms with van der Waals surface area (Å²) in [6.07, 6.45) is 0.983. The summed E-state index contributed by atoms with van der Waals surface area (Å²) in [4.78, 5) is 0. The van der Waals surface area contributed by atoms with Crippen LogP contribution < -0.4 is 5.73 Å². The summed E-state index contributed by atoms with van der Waals surface area (Å²) in [7, 11) is 0. The number of rotatable bonds is 5. The predicted octanol–water partition coefficient (Wildman–Crippen LogP) is 3.30. The lowest BCUT2D eigenvalue weighted by molar-refractivity contribution is 0.747. The lowest BCUT2D eigenvalue weighted by atomic mass is 10.1. The van der Waals surface area contributed by atoms with Crippen LogP contribution in [0.25, 0.3) is 0 Å². The zero-order valence-corrected chi connectivity index (χ0v) is 12.2. The third-order valence-electron chi connectivity index (χ3n) is 2.05. The molecule has 0 aliphatic rings. The first-order valence-corrected chi connectivity index (χ1v) is 7.32. The Kier molecular flexibility index (Phi) is 6.00. The van der Waals surface area contributed by atoms with E-state index in [0.717, 1.165) is 12.2 Å². The summed E-state index contributed by atoms with van der Waals surface area (Å²) in [5.41, 5.74) is 7.41. The quantitative estimate of drug-likeness (QED) is 0.836. The van der Waals surface area contributed by atoms with Gasteiger partial charge >= 0.3 is 0 Å². The first-order chi connectivity index (χ1) is 7.08. The van der Waals surface area contributed by atoms with E-state index in [2.05, 4.69) is 60.7 Å². The zero-order valence-electron chi connectivity index (χ0n) is 9.24. The van der Waals surface area contributed by atoms with Crippen molar-refractivity contribution in [3.8, 4) is 0 Å². The molecule has 1 unspecified atom stereocenters. The molecule has 0 aromatic heterocycles. The number of nitrogens with two attached hydrogens (primary N) is 1. The molecule has 0 amide bonds. The van der Waals surface area contributed by atoms with Gasteiger partial charge in [0.05, 0.1) is 0 Å². The lowest BCUT2D eigenvalue weighted by Crippen LogP contribution is -2.26. The van der Waals surface area contributed by atoms with Gasteiger partial charge in [-0.05, 0) is 52.0 Å². The van der Waals surface area contributed by atoms with Crippen molar-refractivity contribution in [2.24, 2.45) is 5.73 Å². The second kappa shape index (κ2) is 6.76.